The predicted molar refractivity (Wildman–Crippen MR) is 207 cm³/mol. The molecule has 240 valence electrons. The van der Waals surface area contributed by atoms with Crippen LogP contribution < -0.4 is 0 Å². The first-order valence-corrected chi connectivity index (χ1v) is 16.5. The van der Waals surface area contributed by atoms with Gasteiger partial charge in [0, 0.05) is 17.4 Å². The van der Waals surface area contributed by atoms with Gasteiger partial charge in [0.25, 0.3) is 0 Å². The van der Waals surface area contributed by atoms with E-state index in [4.69, 9.17) is 4.99 Å². The number of aliphatic hydroxyl groups is 1. The Labute approximate surface area is 309 Å². The maximum atomic E-state index is 12.5. The summed E-state index contributed by atoms with van der Waals surface area (Å²) in [7, 11) is 0. The summed E-state index contributed by atoms with van der Waals surface area (Å²) in [6.45, 7) is 7.44. The molecule has 0 fully saturated rings. The van der Waals surface area contributed by atoms with Crippen molar-refractivity contribution in [2.75, 3.05) is 0 Å². The van der Waals surface area contributed by atoms with E-state index in [1.54, 1.807) is 0 Å². The molecule has 50 heavy (non-hydrogen) atoms. The minimum atomic E-state index is -1.22. The van der Waals surface area contributed by atoms with E-state index in [0.29, 0.717) is 12.1 Å². The average Bonchev–Trinajstić information content (AvgIpc) is 3.37. The van der Waals surface area contributed by atoms with E-state index in [1.165, 1.54) is 10.8 Å². The quantitative estimate of drug-likeness (QED) is 0.113. The van der Waals surface area contributed by atoms with Gasteiger partial charge < -0.3 is 5.11 Å². The molecule has 0 spiro atoms. The van der Waals surface area contributed by atoms with Gasteiger partial charge in [0.1, 0.15) is 5.60 Å². The summed E-state index contributed by atoms with van der Waals surface area (Å²) >= 11 is 0. The molecule has 0 amide bonds. The molecular weight excluding hydrogens is 642 g/mol. The van der Waals surface area contributed by atoms with Gasteiger partial charge in [0.2, 0.25) is 0 Å². The van der Waals surface area contributed by atoms with Crippen LogP contribution in [0, 0.1) is 13.8 Å². The standard InChI is InChI=1S/C33H23NO.2C7H7.Ti/c35-33(21-22-10-2-1-3-11-22)29-19-9-14-23-13-8-18-28(31(23)29)32(33)34-30-20-24-12-4-5-15-25(24)26-16-6-7-17-27(26)30;2*1-7-5-3-2-4-6-7;/h1-20,35H,21H2;2*2-6H,1H2;/q;2*-1;+2. The fourth-order valence-corrected chi connectivity index (χ4v) is 6.66. The van der Waals surface area contributed by atoms with E-state index in [0.717, 1.165) is 55.0 Å². The van der Waals surface area contributed by atoms with Crippen molar-refractivity contribution in [3.8, 4) is 0 Å². The maximum Gasteiger partial charge on any atom is 2.00 e. The van der Waals surface area contributed by atoms with E-state index < -0.39 is 5.60 Å². The fraction of sp³-hybridized carbons (Fsp3) is 0.0426. The van der Waals surface area contributed by atoms with E-state index in [-0.39, 0.29) is 21.7 Å². The Kier molecular flexibility index (Phi) is 10.7. The van der Waals surface area contributed by atoms with E-state index >= 15 is 0 Å². The fourth-order valence-electron chi connectivity index (χ4n) is 6.66. The van der Waals surface area contributed by atoms with Crippen LogP contribution in [0.1, 0.15) is 27.8 Å². The Morgan fingerprint density at radius 1 is 0.500 bits per heavy atom. The van der Waals surface area contributed by atoms with Crippen molar-refractivity contribution in [1.29, 1.82) is 0 Å². The van der Waals surface area contributed by atoms with Gasteiger partial charge in [-0.2, -0.15) is 49.2 Å². The third-order valence-corrected chi connectivity index (χ3v) is 8.96. The molecule has 0 saturated heterocycles. The molecule has 2 nitrogen and oxygen atoms in total. The van der Waals surface area contributed by atoms with Crippen molar-refractivity contribution in [3.05, 3.63) is 224 Å². The summed E-state index contributed by atoms with van der Waals surface area (Å²) in [5.41, 5.74) is 5.53. The summed E-state index contributed by atoms with van der Waals surface area (Å²) < 4.78 is 0. The molecule has 1 unspecified atom stereocenters. The van der Waals surface area contributed by atoms with Crippen LogP contribution in [0.25, 0.3) is 32.3 Å². The molecule has 1 atom stereocenters. The largest absolute Gasteiger partial charge is 2.00 e. The first-order chi connectivity index (χ1) is 24.0. The zero-order valence-corrected chi connectivity index (χ0v) is 29.4. The van der Waals surface area contributed by atoms with Gasteiger partial charge in [-0.15, -0.1) is 24.3 Å². The van der Waals surface area contributed by atoms with Crippen molar-refractivity contribution in [2.24, 2.45) is 4.99 Å². The first kappa shape index (κ1) is 34.5. The number of benzene rings is 8. The second kappa shape index (κ2) is 15.4. The smallest absolute Gasteiger partial charge is 0.378 e. The molecule has 0 bridgehead atoms. The number of hydrogen-bond acceptors (Lipinski definition) is 2. The number of aliphatic imine (C=N–C) groups is 1. The molecule has 0 aromatic heterocycles. The minimum Gasteiger partial charge on any atom is -0.378 e. The van der Waals surface area contributed by atoms with Crippen LogP contribution in [0.15, 0.2) is 187 Å². The Hall–Kier alpha value is -5.38. The topological polar surface area (TPSA) is 32.6 Å². The SMILES string of the molecule is OC1(Cc2ccccc2)C(=Nc2cc3ccccc3c3ccccc23)c2cccc3cccc1c23.[CH2-]c1ccccc1.[CH2-]c1ccccc1.[Ti+2]. The molecule has 8 aromatic carbocycles. The summed E-state index contributed by atoms with van der Waals surface area (Å²) in [5.74, 6) is 0. The van der Waals surface area contributed by atoms with Crippen molar-refractivity contribution >= 4 is 43.7 Å². The van der Waals surface area contributed by atoms with Gasteiger partial charge >= 0.3 is 21.7 Å². The van der Waals surface area contributed by atoms with E-state index in [9.17, 15) is 5.11 Å². The first-order valence-electron chi connectivity index (χ1n) is 16.5. The molecule has 1 aliphatic carbocycles. The van der Waals surface area contributed by atoms with Crippen LogP contribution >= 0.6 is 0 Å². The predicted octanol–water partition coefficient (Wildman–Crippen LogP) is 11.4. The zero-order chi connectivity index (χ0) is 33.6. The van der Waals surface area contributed by atoms with Crippen molar-refractivity contribution < 1.29 is 26.8 Å². The second-order valence-electron chi connectivity index (χ2n) is 12.3. The van der Waals surface area contributed by atoms with Crippen LogP contribution in [0.3, 0.4) is 0 Å². The van der Waals surface area contributed by atoms with Gasteiger partial charge in [-0.25, -0.2) is 4.99 Å². The van der Waals surface area contributed by atoms with E-state index in [1.807, 2.05) is 84.9 Å². The Morgan fingerprint density at radius 3 is 1.60 bits per heavy atom. The molecule has 0 saturated carbocycles. The third kappa shape index (κ3) is 7.15. The zero-order valence-electron chi connectivity index (χ0n) is 27.8. The normalized spacial score (nSPS) is 15.1. The summed E-state index contributed by atoms with van der Waals surface area (Å²) in [4.78, 5) is 5.29. The van der Waals surface area contributed by atoms with Gasteiger partial charge in [0.15, 0.2) is 0 Å². The van der Waals surface area contributed by atoms with Crippen LogP contribution in [0.5, 0.6) is 0 Å². The molecule has 8 aromatic rings. The Balaban J connectivity index is 0.000000240. The number of fused-ring (bicyclic) bond motifs is 3. The molecule has 1 aliphatic rings. The molecular formula is C47H37NOTi. The van der Waals surface area contributed by atoms with Gasteiger partial charge in [-0.05, 0) is 44.1 Å². The summed E-state index contributed by atoms with van der Waals surface area (Å²) in [6.07, 6.45) is 0.464. The van der Waals surface area contributed by atoms with Crippen molar-refractivity contribution in [2.45, 2.75) is 12.0 Å². The average molecular weight is 680 g/mol. The number of nitrogens with zero attached hydrogens (tertiary/aromatic N) is 1. The van der Waals surface area contributed by atoms with Crippen molar-refractivity contribution in [3.63, 3.8) is 0 Å². The minimum absolute atomic E-state index is 0. The molecule has 0 aliphatic heterocycles. The van der Waals surface area contributed by atoms with Gasteiger partial charge in [0.05, 0.1) is 11.4 Å². The van der Waals surface area contributed by atoms with E-state index in [2.05, 4.69) is 111 Å². The number of rotatable bonds is 3. The number of hydrogen-bond donors (Lipinski definition) is 1. The van der Waals surface area contributed by atoms with Crippen LogP contribution in [0.4, 0.5) is 5.69 Å². The van der Waals surface area contributed by atoms with Gasteiger partial charge in [-0.1, -0.05) is 127 Å². The maximum absolute atomic E-state index is 12.5. The van der Waals surface area contributed by atoms with Crippen LogP contribution in [-0.2, 0) is 33.7 Å². The molecule has 3 heteroatoms. The third-order valence-electron chi connectivity index (χ3n) is 8.96. The van der Waals surface area contributed by atoms with Crippen LogP contribution in [0.2, 0.25) is 0 Å². The summed E-state index contributed by atoms with van der Waals surface area (Å²) in [5, 5.41) is 19.3. The monoisotopic (exact) mass is 679 g/mol. The van der Waals surface area contributed by atoms with Crippen molar-refractivity contribution in [1.82, 2.24) is 0 Å². The Bertz CT molecular complexity index is 2340. The van der Waals surface area contributed by atoms with Crippen LogP contribution in [-0.4, -0.2) is 10.8 Å². The summed E-state index contributed by atoms with van der Waals surface area (Å²) in [6, 6.07) is 61.4. The van der Waals surface area contributed by atoms with Gasteiger partial charge in [-0.3, -0.25) is 0 Å². The second-order valence-corrected chi connectivity index (χ2v) is 12.3. The Morgan fingerprint density at radius 2 is 1.00 bits per heavy atom. The molecule has 9 rings (SSSR count). The molecule has 1 N–H and O–H groups in total. The molecule has 0 heterocycles. The molecule has 0 radical (unpaired) electrons.